The third-order valence-corrected chi connectivity index (χ3v) is 2.91. The van der Waals surface area contributed by atoms with Crippen LogP contribution >= 0.6 is 0 Å². The van der Waals surface area contributed by atoms with Crippen molar-refractivity contribution in [3.63, 3.8) is 0 Å². The zero-order valence-electron chi connectivity index (χ0n) is 9.90. The highest BCUT2D eigenvalue weighted by Gasteiger charge is 2.31. The number of amides is 1. The number of halogens is 2. The van der Waals surface area contributed by atoms with Crippen LogP contribution in [0, 0.1) is 0 Å². The van der Waals surface area contributed by atoms with Crippen LogP contribution in [-0.2, 0) is 4.79 Å². The monoisotopic (exact) mass is 256 g/mol. The highest BCUT2D eigenvalue weighted by Crippen LogP contribution is 2.26. The van der Waals surface area contributed by atoms with Crippen molar-refractivity contribution in [1.29, 1.82) is 0 Å². The first-order chi connectivity index (χ1) is 8.61. The second-order valence-electron chi connectivity index (χ2n) is 4.00. The van der Waals surface area contributed by atoms with E-state index in [1.807, 2.05) is 0 Å². The fraction of sp³-hybridized carbons (Fsp3) is 0.417. The fourth-order valence-electron chi connectivity index (χ4n) is 2.03. The van der Waals surface area contributed by atoms with Crippen molar-refractivity contribution in [1.82, 2.24) is 5.32 Å². The van der Waals surface area contributed by atoms with Gasteiger partial charge in [-0.3, -0.25) is 4.79 Å². The third-order valence-electron chi connectivity index (χ3n) is 2.91. The van der Waals surface area contributed by atoms with Gasteiger partial charge in [0.25, 0.3) is 0 Å². The Hall–Kier alpha value is -1.69. The Kier molecular flexibility index (Phi) is 3.76. The van der Waals surface area contributed by atoms with Crippen molar-refractivity contribution < 1.29 is 18.3 Å². The lowest BCUT2D eigenvalue weighted by Crippen LogP contribution is -2.36. The summed E-state index contributed by atoms with van der Waals surface area (Å²) in [6.07, 6.45) is 0.704. The normalized spacial score (nSPS) is 19.7. The second-order valence-corrected chi connectivity index (χ2v) is 4.00. The van der Waals surface area contributed by atoms with E-state index in [1.54, 1.807) is 24.1 Å². The molecule has 0 spiro atoms. The molecule has 0 bridgehead atoms. The molecule has 0 radical (unpaired) electrons. The lowest BCUT2D eigenvalue weighted by atomic mass is 10.2. The largest absolute Gasteiger partial charge is 0.435 e. The van der Waals surface area contributed by atoms with Crippen LogP contribution in [0.2, 0.25) is 0 Å². The Bertz CT molecular complexity index is 440. The zero-order chi connectivity index (χ0) is 13.1. The van der Waals surface area contributed by atoms with Crippen molar-refractivity contribution in [3.8, 4) is 5.75 Å². The number of nitrogens with zero attached hydrogens (tertiary/aromatic N) is 1. The average Bonchev–Trinajstić information content (AvgIpc) is 2.70. The van der Waals surface area contributed by atoms with E-state index in [9.17, 15) is 13.6 Å². The van der Waals surface area contributed by atoms with Crippen molar-refractivity contribution in [2.45, 2.75) is 19.1 Å². The van der Waals surface area contributed by atoms with Gasteiger partial charge in [0.15, 0.2) is 0 Å². The lowest BCUT2D eigenvalue weighted by Gasteiger charge is -2.17. The number of benzene rings is 1. The van der Waals surface area contributed by atoms with Crippen LogP contribution in [0.5, 0.6) is 5.75 Å². The molecule has 2 rings (SSSR count). The summed E-state index contributed by atoms with van der Waals surface area (Å²) in [7, 11) is 1.72. The maximum atomic E-state index is 12.1. The number of hydrogen-bond acceptors (Lipinski definition) is 3. The van der Waals surface area contributed by atoms with Gasteiger partial charge in [-0.15, -0.1) is 0 Å². The molecule has 1 amide bonds. The van der Waals surface area contributed by atoms with E-state index in [-0.39, 0.29) is 17.7 Å². The number of hydrogen-bond donors (Lipinski definition) is 1. The minimum absolute atomic E-state index is 0.0494. The number of rotatable bonds is 4. The molecule has 1 unspecified atom stereocenters. The number of nitrogens with one attached hydrogen (secondary N) is 1. The molecule has 1 heterocycles. The standard InChI is InChI=1S/C12H14F2N2O2/c1-15-10-5-6-16(11(10)17)8-3-2-4-9(7-8)18-12(13)14/h2-4,7,10,12,15H,5-6H2,1H3. The summed E-state index contributed by atoms with van der Waals surface area (Å²) in [6, 6.07) is 5.97. The Morgan fingerprint density at radius 3 is 2.89 bits per heavy atom. The molecule has 0 aromatic heterocycles. The van der Waals surface area contributed by atoms with E-state index in [4.69, 9.17) is 0 Å². The van der Waals surface area contributed by atoms with Gasteiger partial charge < -0.3 is 15.0 Å². The molecule has 1 aliphatic rings. The van der Waals surface area contributed by atoms with Gasteiger partial charge in [0.1, 0.15) is 5.75 Å². The number of carbonyl (C=O) groups excluding carboxylic acids is 1. The Labute approximate surface area is 104 Å². The minimum Gasteiger partial charge on any atom is -0.435 e. The molecule has 6 heteroatoms. The van der Waals surface area contributed by atoms with Crippen molar-refractivity contribution in [3.05, 3.63) is 24.3 Å². The molecule has 1 N–H and O–H groups in total. The molecule has 1 aliphatic heterocycles. The highest BCUT2D eigenvalue weighted by molar-refractivity contribution is 5.99. The van der Waals surface area contributed by atoms with E-state index in [2.05, 4.69) is 10.1 Å². The van der Waals surface area contributed by atoms with Crippen LogP contribution < -0.4 is 15.0 Å². The van der Waals surface area contributed by atoms with Gasteiger partial charge in [-0.2, -0.15) is 8.78 Å². The number of alkyl halides is 2. The maximum absolute atomic E-state index is 12.1. The van der Waals surface area contributed by atoms with Crippen LogP contribution in [-0.4, -0.2) is 32.2 Å². The number of carbonyl (C=O) groups is 1. The van der Waals surface area contributed by atoms with Gasteiger partial charge in [0, 0.05) is 18.3 Å². The van der Waals surface area contributed by atoms with Crippen LogP contribution in [0.4, 0.5) is 14.5 Å². The summed E-state index contributed by atoms with van der Waals surface area (Å²) < 4.78 is 28.5. The molecule has 18 heavy (non-hydrogen) atoms. The van der Waals surface area contributed by atoms with Crippen LogP contribution in [0.25, 0.3) is 0 Å². The predicted molar refractivity (Wildman–Crippen MR) is 62.9 cm³/mol. The summed E-state index contributed by atoms with van der Waals surface area (Å²) in [5.41, 5.74) is 0.580. The molecular formula is C12H14F2N2O2. The van der Waals surface area contributed by atoms with Gasteiger partial charge in [-0.25, -0.2) is 0 Å². The molecule has 98 valence electrons. The molecule has 1 atom stereocenters. The van der Waals surface area contributed by atoms with Crippen molar-refractivity contribution in [2.24, 2.45) is 0 Å². The number of likely N-dealkylation sites (N-methyl/N-ethyl adjacent to an activating group) is 1. The first kappa shape index (κ1) is 12.8. The molecule has 1 aromatic rings. The van der Waals surface area contributed by atoms with Crippen LogP contribution in [0.1, 0.15) is 6.42 Å². The summed E-state index contributed by atoms with van der Waals surface area (Å²) in [5, 5.41) is 2.92. The van der Waals surface area contributed by atoms with E-state index in [0.29, 0.717) is 18.7 Å². The number of anilines is 1. The topological polar surface area (TPSA) is 41.6 Å². The molecular weight excluding hydrogens is 242 g/mol. The van der Waals surface area contributed by atoms with Crippen molar-refractivity contribution in [2.75, 3.05) is 18.5 Å². The molecule has 1 aromatic carbocycles. The van der Waals surface area contributed by atoms with E-state index < -0.39 is 6.61 Å². The number of ether oxygens (including phenoxy) is 1. The Morgan fingerprint density at radius 1 is 1.50 bits per heavy atom. The SMILES string of the molecule is CNC1CCN(c2cccc(OC(F)F)c2)C1=O. The minimum atomic E-state index is -2.86. The highest BCUT2D eigenvalue weighted by atomic mass is 19.3. The molecule has 1 saturated heterocycles. The van der Waals surface area contributed by atoms with Gasteiger partial charge in [-0.1, -0.05) is 6.07 Å². The fourth-order valence-corrected chi connectivity index (χ4v) is 2.03. The third kappa shape index (κ3) is 2.59. The molecule has 0 saturated carbocycles. The zero-order valence-corrected chi connectivity index (χ0v) is 9.90. The predicted octanol–water partition coefficient (Wildman–Crippen LogP) is 1.61. The van der Waals surface area contributed by atoms with Gasteiger partial charge in [-0.05, 0) is 25.6 Å². The van der Waals surface area contributed by atoms with Crippen LogP contribution in [0.3, 0.4) is 0 Å². The smallest absolute Gasteiger partial charge is 0.387 e. The maximum Gasteiger partial charge on any atom is 0.387 e. The van der Waals surface area contributed by atoms with E-state index >= 15 is 0 Å². The van der Waals surface area contributed by atoms with Gasteiger partial charge in [0.2, 0.25) is 5.91 Å². The lowest BCUT2D eigenvalue weighted by molar-refractivity contribution is -0.118. The Morgan fingerprint density at radius 2 is 2.28 bits per heavy atom. The average molecular weight is 256 g/mol. The molecule has 4 nitrogen and oxygen atoms in total. The summed E-state index contributed by atoms with van der Waals surface area (Å²) >= 11 is 0. The molecule has 0 aliphatic carbocycles. The summed E-state index contributed by atoms with van der Waals surface area (Å²) in [4.78, 5) is 13.5. The van der Waals surface area contributed by atoms with Crippen LogP contribution in [0.15, 0.2) is 24.3 Å². The second kappa shape index (κ2) is 5.30. The quantitative estimate of drug-likeness (QED) is 0.890. The van der Waals surface area contributed by atoms with E-state index in [0.717, 1.165) is 0 Å². The molecule has 1 fully saturated rings. The Balaban J connectivity index is 2.16. The van der Waals surface area contributed by atoms with Crippen molar-refractivity contribution >= 4 is 11.6 Å². The van der Waals surface area contributed by atoms with Gasteiger partial charge >= 0.3 is 6.61 Å². The summed E-state index contributed by atoms with van der Waals surface area (Å²) in [6.45, 7) is -2.29. The van der Waals surface area contributed by atoms with Gasteiger partial charge in [0.05, 0.1) is 6.04 Å². The first-order valence-corrected chi connectivity index (χ1v) is 5.65. The van der Waals surface area contributed by atoms with E-state index in [1.165, 1.54) is 12.1 Å². The summed E-state index contributed by atoms with van der Waals surface area (Å²) in [5.74, 6) is 0.00917. The first-order valence-electron chi connectivity index (χ1n) is 5.65.